The van der Waals surface area contributed by atoms with Crippen molar-refractivity contribution in [3.63, 3.8) is 0 Å². The van der Waals surface area contributed by atoms with Crippen LogP contribution < -0.4 is 0 Å². The standard InChI is InChI=1S/C14H7Cl2F3O/c15-10-4-5-11(12(16)7-10)13(20)8-2-1-3-9(6-8)14(17,18)19/h1-7H. The first kappa shape index (κ1) is 14.9. The number of halogens is 5. The number of benzene rings is 2. The minimum absolute atomic E-state index is 0.0796. The maximum Gasteiger partial charge on any atom is 0.416 e. The van der Waals surface area contributed by atoms with Crippen LogP contribution in [0.4, 0.5) is 13.2 Å². The number of alkyl halides is 3. The summed E-state index contributed by atoms with van der Waals surface area (Å²) < 4.78 is 37.8. The molecule has 104 valence electrons. The summed E-state index contributed by atoms with van der Waals surface area (Å²) in [6, 6.07) is 8.39. The molecule has 0 N–H and O–H groups in total. The molecule has 0 aliphatic heterocycles. The molecule has 0 bridgehead atoms. The molecule has 0 aliphatic rings. The summed E-state index contributed by atoms with van der Waals surface area (Å²) in [6.07, 6.45) is -4.50. The van der Waals surface area contributed by atoms with Crippen molar-refractivity contribution in [2.24, 2.45) is 0 Å². The van der Waals surface area contributed by atoms with Gasteiger partial charge in [-0.1, -0.05) is 35.3 Å². The third kappa shape index (κ3) is 3.14. The maximum absolute atomic E-state index is 12.6. The highest BCUT2D eigenvalue weighted by molar-refractivity contribution is 6.37. The van der Waals surface area contributed by atoms with E-state index < -0.39 is 17.5 Å². The quantitative estimate of drug-likeness (QED) is 0.692. The molecule has 0 heterocycles. The molecule has 0 radical (unpaired) electrons. The van der Waals surface area contributed by atoms with Gasteiger partial charge in [0.05, 0.1) is 10.6 Å². The fourth-order valence-corrected chi connectivity index (χ4v) is 2.16. The predicted molar refractivity (Wildman–Crippen MR) is 71.3 cm³/mol. The first-order valence-corrected chi connectivity index (χ1v) is 6.21. The summed E-state index contributed by atoms with van der Waals surface area (Å²) in [5, 5.41) is 0.440. The third-order valence-electron chi connectivity index (χ3n) is 2.63. The van der Waals surface area contributed by atoms with Crippen LogP contribution in [0.15, 0.2) is 42.5 Å². The molecule has 2 aromatic carbocycles. The average Bonchev–Trinajstić information content (AvgIpc) is 2.37. The Balaban J connectivity index is 2.44. The molecule has 0 spiro atoms. The molecule has 0 amide bonds. The minimum atomic E-state index is -4.50. The summed E-state index contributed by atoms with van der Waals surface area (Å²) >= 11 is 11.6. The smallest absolute Gasteiger partial charge is 0.289 e. The number of carbonyl (C=O) groups excluding carboxylic acids is 1. The van der Waals surface area contributed by atoms with Gasteiger partial charge in [0.25, 0.3) is 0 Å². The molecule has 0 atom stereocenters. The van der Waals surface area contributed by atoms with Gasteiger partial charge in [-0.3, -0.25) is 4.79 Å². The van der Waals surface area contributed by atoms with E-state index >= 15 is 0 Å². The Morgan fingerprint density at radius 3 is 2.30 bits per heavy atom. The highest BCUT2D eigenvalue weighted by atomic mass is 35.5. The van der Waals surface area contributed by atoms with E-state index in [9.17, 15) is 18.0 Å². The van der Waals surface area contributed by atoms with Crippen molar-refractivity contribution in [3.8, 4) is 0 Å². The summed E-state index contributed by atoms with van der Waals surface area (Å²) in [7, 11) is 0. The van der Waals surface area contributed by atoms with Crippen LogP contribution in [0.5, 0.6) is 0 Å². The number of hydrogen-bond acceptors (Lipinski definition) is 1. The fraction of sp³-hybridized carbons (Fsp3) is 0.0714. The summed E-state index contributed by atoms with van der Waals surface area (Å²) in [6.45, 7) is 0. The Hall–Kier alpha value is -1.52. The number of rotatable bonds is 2. The molecule has 1 nitrogen and oxygen atoms in total. The van der Waals surface area contributed by atoms with E-state index in [4.69, 9.17) is 23.2 Å². The van der Waals surface area contributed by atoms with Gasteiger partial charge in [0.1, 0.15) is 0 Å². The van der Waals surface area contributed by atoms with Gasteiger partial charge in [-0.05, 0) is 30.3 Å². The molecule has 0 aliphatic carbocycles. The second-order valence-corrected chi connectivity index (χ2v) is 4.88. The van der Waals surface area contributed by atoms with Crippen LogP contribution in [0.1, 0.15) is 21.5 Å². The highest BCUT2D eigenvalue weighted by Gasteiger charge is 2.31. The highest BCUT2D eigenvalue weighted by Crippen LogP contribution is 2.30. The van der Waals surface area contributed by atoms with Crippen molar-refractivity contribution in [2.75, 3.05) is 0 Å². The van der Waals surface area contributed by atoms with E-state index in [1.807, 2.05) is 0 Å². The lowest BCUT2D eigenvalue weighted by molar-refractivity contribution is -0.137. The van der Waals surface area contributed by atoms with E-state index in [0.29, 0.717) is 5.02 Å². The minimum Gasteiger partial charge on any atom is -0.289 e. The van der Waals surface area contributed by atoms with Crippen LogP contribution >= 0.6 is 23.2 Å². The molecule has 2 aromatic rings. The molecule has 6 heteroatoms. The first-order chi connectivity index (χ1) is 9.29. The molecule has 0 saturated carbocycles. The number of carbonyl (C=O) groups is 1. The molecule has 0 aromatic heterocycles. The van der Waals surface area contributed by atoms with E-state index in [2.05, 4.69) is 0 Å². The third-order valence-corrected chi connectivity index (χ3v) is 3.18. The number of hydrogen-bond donors (Lipinski definition) is 0. The molecule has 0 saturated heterocycles. The Morgan fingerprint density at radius 2 is 1.70 bits per heavy atom. The summed E-state index contributed by atoms with van der Waals surface area (Å²) in [5.41, 5.74) is -0.854. The largest absolute Gasteiger partial charge is 0.416 e. The van der Waals surface area contributed by atoms with E-state index in [0.717, 1.165) is 12.1 Å². The second-order valence-electron chi connectivity index (χ2n) is 4.03. The van der Waals surface area contributed by atoms with E-state index in [1.54, 1.807) is 0 Å². The van der Waals surface area contributed by atoms with Crippen LogP contribution in [0.25, 0.3) is 0 Å². The topological polar surface area (TPSA) is 17.1 Å². The fourth-order valence-electron chi connectivity index (χ4n) is 1.67. The van der Waals surface area contributed by atoms with Gasteiger partial charge in [0.15, 0.2) is 5.78 Å². The van der Waals surface area contributed by atoms with Crippen molar-refractivity contribution in [1.29, 1.82) is 0 Å². The van der Waals surface area contributed by atoms with E-state index in [-0.39, 0.29) is 16.1 Å². The van der Waals surface area contributed by atoms with Crippen LogP contribution in [0.2, 0.25) is 10.0 Å². The van der Waals surface area contributed by atoms with Crippen molar-refractivity contribution in [2.45, 2.75) is 6.18 Å². The van der Waals surface area contributed by atoms with Crippen molar-refractivity contribution in [3.05, 3.63) is 69.2 Å². The molecule has 0 unspecified atom stereocenters. The molecular weight excluding hydrogens is 312 g/mol. The maximum atomic E-state index is 12.6. The normalized spacial score (nSPS) is 11.4. The van der Waals surface area contributed by atoms with E-state index in [1.165, 1.54) is 30.3 Å². The van der Waals surface area contributed by atoms with Gasteiger partial charge in [0.2, 0.25) is 0 Å². The van der Waals surface area contributed by atoms with Gasteiger partial charge in [-0.25, -0.2) is 0 Å². The lowest BCUT2D eigenvalue weighted by Gasteiger charge is -2.09. The second kappa shape index (κ2) is 5.46. The van der Waals surface area contributed by atoms with Gasteiger partial charge in [-0.2, -0.15) is 13.2 Å². The van der Waals surface area contributed by atoms with Crippen LogP contribution in [0, 0.1) is 0 Å². The zero-order valence-corrected chi connectivity index (χ0v) is 11.4. The van der Waals surface area contributed by atoms with Crippen molar-refractivity contribution in [1.82, 2.24) is 0 Å². The van der Waals surface area contributed by atoms with Crippen LogP contribution in [-0.4, -0.2) is 5.78 Å². The monoisotopic (exact) mass is 318 g/mol. The zero-order chi connectivity index (χ0) is 14.9. The Morgan fingerprint density at radius 1 is 1.00 bits per heavy atom. The van der Waals surface area contributed by atoms with Gasteiger partial charge < -0.3 is 0 Å². The number of ketones is 1. The van der Waals surface area contributed by atoms with Gasteiger partial charge in [-0.15, -0.1) is 0 Å². The molecular formula is C14H7Cl2F3O. The Labute approximate surface area is 122 Å². The SMILES string of the molecule is O=C(c1cccc(C(F)(F)F)c1)c1ccc(Cl)cc1Cl. The predicted octanol–water partition coefficient (Wildman–Crippen LogP) is 5.24. The summed E-state index contributed by atoms with van der Waals surface area (Å²) in [4.78, 5) is 12.2. The van der Waals surface area contributed by atoms with Crippen LogP contribution in [0.3, 0.4) is 0 Å². The lowest BCUT2D eigenvalue weighted by atomic mass is 10.0. The van der Waals surface area contributed by atoms with Gasteiger partial charge >= 0.3 is 6.18 Å². The van der Waals surface area contributed by atoms with Crippen molar-refractivity contribution >= 4 is 29.0 Å². The average molecular weight is 319 g/mol. The lowest BCUT2D eigenvalue weighted by Crippen LogP contribution is -2.08. The summed E-state index contributed by atoms with van der Waals surface area (Å²) in [5.74, 6) is -0.585. The molecule has 2 rings (SSSR count). The van der Waals surface area contributed by atoms with Gasteiger partial charge in [0, 0.05) is 16.1 Å². The zero-order valence-electron chi connectivity index (χ0n) is 9.84. The first-order valence-electron chi connectivity index (χ1n) is 5.46. The molecule has 20 heavy (non-hydrogen) atoms. The Bertz CT molecular complexity index is 666. The Kier molecular flexibility index (Phi) is 4.06. The molecule has 0 fully saturated rings. The van der Waals surface area contributed by atoms with Crippen molar-refractivity contribution < 1.29 is 18.0 Å². The van der Waals surface area contributed by atoms with Crippen LogP contribution in [-0.2, 0) is 6.18 Å².